The van der Waals surface area contributed by atoms with Crippen molar-refractivity contribution in [1.82, 2.24) is 4.98 Å². The maximum absolute atomic E-state index is 12.3. The molecule has 1 aliphatic rings. The van der Waals surface area contributed by atoms with Crippen LogP contribution in [0.3, 0.4) is 0 Å². The van der Waals surface area contributed by atoms with Gasteiger partial charge in [0.2, 0.25) is 10.0 Å². The topological polar surface area (TPSA) is 145 Å². The Kier molecular flexibility index (Phi) is 4.54. The summed E-state index contributed by atoms with van der Waals surface area (Å²) in [6.45, 7) is 0. The zero-order valence-corrected chi connectivity index (χ0v) is 14.5. The van der Waals surface area contributed by atoms with Crippen molar-refractivity contribution in [2.24, 2.45) is 5.14 Å². The number of sulfonamides is 1. The molecule has 0 unspecified atom stereocenters. The molecule has 132 valence electrons. The Bertz CT molecular complexity index is 944. The van der Waals surface area contributed by atoms with Crippen LogP contribution >= 0.6 is 11.3 Å². The summed E-state index contributed by atoms with van der Waals surface area (Å²) in [4.78, 5) is 27.4. The molecule has 0 bridgehead atoms. The second kappa shape index (κ2) is 6.50. The normalized spacial score (nSPS) is 14.0. The van der Waals surface area contributed by atoms with Crippen molar-refractivity contribution in [3.8, 4) is 0 Å². The number of nitro groups is 1. The molecule has 1 aliphatic carbocycles. The third kappa shape index (κ3) is 3.67. The van der Waals surface area contributed by atoms with Crippen LogP contribution in [0.15, 0.2) is 23.1 Å². The number of aromatic nitrogens is 1. The monoisotopic (exact) mass is 382 g/mol. The summed E-state index contributed by atoms with van der Waals surface area (Å²) in [5.41, 5.74) is 0.183. The number of nitrogens with one attached hydrogen (secondary N) is 1. The molecule has 0 saturated carbocycles. The van der Waals surface area contributed by atoms with E-state index in [0.29, 0.717) is 5.13 Å². The van der Waals surface area contributed by atoms with Gasteiger partial charge in [-0.3, -0.25) is 20.2 Å². The summed E-state index contributed by atoms with van der Waals surface area (Å²) >= 11 is 1.38. The number of fused-ring (bicyclic) bond motifs is 1. The molecule has 0 atom stereocenters. The van der Waals surface area contributed by atoms with Gasteiger partial charge in [0.25, 0.3) is 11.6 Å². The summed E-state index contributed by atoms with van der Waals surface area (Å²) in [6.07, 6.45) is 3.95. The van der Waals surface area contributed by atoms with Crippen molar-refractivity contribution >= 4 is 38.1 Å². The standard InChI is InChI=1S/C14H14N4O5S2/c15-25(22,23)12-6-5-8(7-10(12)18(20)21)13(19)17-14-16-9-3-1-2-4-11(9)24-14/h5-7H,1-4H2,(H2,15,22,23)(H,16,17,19). The lowest BCUT2D eigenvalue weighted by Crippen LogP contribution is -2.16. The number of rotatable bonds is 4. The number of carbonyl (C=O) groups is 1. The molecule has 25 heavy (non-hydrogen) atoms. The number of benzene rings is 1. The van der Waals surface area contributed by atoms with Gasteiger partial charge in [-0.15, -0.1) is 11.3 Å². The van der Waals surface area contributed by atoms with E-state index in [1.807, 2.05) is 0 Å². The molecule has 0 saturated heterocycles. The number of primary sulfonamides is 1. The number of thiazole rings is 1. The van der Waals surface area contributed by atoms with Crippen LogP contribution < -0.4 is 10.5 Å². The fraction of sp³-hybridized carbons (Fsp3) is 0.286. The number of amides is 1. The largest absolute Gasteiger partial charge is 0.298 e. The number of aryl methyl sites for hydroxylation is 2. The highest BCUT2D eigenvalue weighted by Gasteiger charge is 2.25. The first-order chi connectivity index (χ1) is 11.8. The summed E-state index contributed by atoms with van der Waals surface area (Å²) in [6, 6.07) is 3.02. The highest BCUT2D eigenvalue weighted by molar-refractivity contribution is 7.89. The van der Waals surface area contributed by atoms with Crippen LogP contribution in [-0.4, -0.2) is 24.2 Å². The van der Waals surface area contributed by atoms with Crippen LogP contribution in [0.2, 0.25) is 0 Å². The zero-order chi connectivity index (χ0) is 18.2. The van der Waals surface area contributed by atoms with E-state index in [4.69, 9.17) is 5.14 Å². The highest BCUT2D eigenvalue weighted by atomic mass is 32.2. The molecular weight excluding hydrogens is 368 g/mol. The van der Waals surface area contributed by atoms with Gasteiger partial charge in [-0.1, -0.05) is 0 Å². The lowest BCUT2D eigenvalue weighted by Gasteiger charge is -2.06. The van der Waals surface area contributed by atoms with E-state index in [9.17, 15) is 23.3 Å². The zero-order valence-electron chi connectivity index (χ0n) is 12.9. The Balaban J connectivity index is 1.88. The average Bonchev–Trinajstić information content (AvgIpc) is 2.95. The van der Waals surface area contributed by atoms with E-state index in [2.05, 4.69) is 10.3 Å². The summed E-state index contributed by atoms with van der Waals surface area (Å²) < 4.78 is 22.8. The maximum atomic E-state index is 12.3. The molecule has 1 aromatic carbocycles. The molecule has 11 heteroatoms. The third-order valence-electron chi connectivity index (χ3n) is 3.79. The van der Waals surface area contributed by atoms with Crippen molar-refractivity contribution in [1.29, 1.82) is 0 Å². The minimum Gasteiger partial charge on any atom is -0.298 e. The van der Waals surface area contributed by atoms with Gasteiger partial charge in [0.05, 0.1) is 10.6 Å². The molecule has 1 aromatic heterocycles. The number of hydrogen-bond donors (Lipinski definition) is 2. The molecule has 3 rings (SSSR count). The second-order valence-corrected chi connectivity index (χ2v) is 8.15. The highest BCUT2D eigenvalue weighted by Crippen LogP contribution is 2.30. The van der Waals surface area contributed by atoms with Crippen molar-refractivity contribution in [3.05, 3.63) is 44.4 Å². The summed E-state index contributed by atoms with van der Waals surface area (Å²) in [7, 11) is -4.27. The Morgan fingerprint density at radius 2 is 2.04 bits per heavy atom. The smallest absolute Gasteiger partial charge is 0.290 e. The van der Waals surface area contributed by atoms with Gasteiger partial charge in [0, 0.05) is 16.5 Å². The number of nitrogens with zero attached hydrogens (tertiary/aromatic N) is 2. The third-order valence-corrected chi connectivity index (χ3v) is 5.82. The molecule has 0 aliphatic heterocycles. The SMILES string of the molecule is NS(=O)(=O)c1ccc(C(=O)Nc2nc3c(s2)CCCC3)cc1[N+](=O)[O-]. The average molecular weight is 382 g/mol. The van der Waals surface area contributed by atoms with Crippen molar-refractivity contribution in [2.75, 3.05) is 5.32 Å². The van der Waals surface area contributed by atoms with Gasteiger partial charge in [-0.05, 0) is 37.8 Å². The Labute approximate surface area is 147 Å². The molecule has 3 N–H and O–H groups in total. The van der Waals surface area contributed by atoms with Crippen LogP contribution in [0.25, 0.3) is 0 Å². The fourth-order valence-electron chi connectivity index (χ4n) is 2.62. The summed E-state index contributed by atoms with van der Waals surface area (Å²) in [5.74, 6) is -0.602. The van der Waals surface area contributed by atoms with Gasteiger partial charge >= 0.3 is 0 Å². The van der Waals surface area contributed by atoms with Crippen molar-refractivity contribution < 1.29 is 18.1 Å². The summed E-state index contributed by atoms with van der Waals surface area (Å²) in [5, 5.41) is 19.1. The van der Waals surface area contributed by atoms with E-state index < -0.39 is 31.4 Å². The minimum atomic E-state index is -4.27. The van der Waals surface area contributed by atoms with Crippen LogP contribution in [0, 0.1) is 10.1 Å². The molecule has 0 fully saturated rings. The van der Waals surface area contributed by atoms with Gasteiger partial charge in [-0.25, -0.2) is 18.5 Å². The Morgan fingerprint density at radius 3 is 2.68 bits per heavy atom. The van der Waals surface area contributed by atoms with E-state index in [0.717, 1.165) is 48.4 Å². The van der Waals surface area contributed by atoms with Gasteiger partial charge < -0.3 is 0 Å². The molecule has 1 amide bonds. The number of nitro benzene ring substituents is 1. The molecule has 9 nitrogen and oxygen atoms in total. The van der Waals surface area contributed by atoms with Crippen LogP contribution in [-0.2, 0) is 22.9 Å². The van der Waals surface area contributed by atoms with Gasteiger partial charge in [-0.2, -0.15) is 0 Å². The van der Waals surface area contributed by atoms with E-state index in [1.165, 1.54) is 17.4 Å². The number of anilines is 1. The van der Waals surface area contributed by atoms with E-state index in [1.54, 1.807) is 0 Å². The van der Waals surface area contributed by atoms with E-state index in [-0.39, 0.29) is 5.56 Å². The second-order valence-electron chi connectivity index (χ2n) is 5.53. The first-order valence-electron chi connectivity index (χ1n) is 7.37. The number of hydrogen-bond acceptors (Lipinski definition) is 7. The Hall–Kier alpha value is -2.37. The van der Waals surface area contributed by atoms with Crippen LogP contribution in [0.4, 0.5) is 10.8 Å². The predicted octanol–water partition coefficient (Wildman–Crippen LogP) is 1.83. The number of carbonyl (C=O) groups excluding carboxylic acids is 1. The van der Waals surface area contributed by atoms with Crippen molar-refractivity contribution in [2.45, 2.75) is 30.6 Å². The maximum Gasteiger partial charge on any atom is 0.290 e. The molecular formula is C14H14N4O5S2. The van der Waals surface area contributed by atoms with Crippen molar-refractivity contribution in [3.63, 3.8) is 0 Å². The molecule has 2 aromatic rings. The quantitative estimate of drug-likeness (QED) is 0.609. The first-order valence-corrected chi connectivity index (χ1v) is 9.73. The first kappa shape index (κ1) is 17.5. The Morgan fingerprint density at radius 1 is 1.32 bits per heavy atom. The molecule has 0 radical (unpaired) electrons. The van der Waals surface area contributed by atoms with Crippen LogP contribution in [0.1, 0.15) is 33.8 Å². The molecule has 0 spiro atoms. The minimum absolute atomic E-state index is 0.0488. The van der Waals surface area contributed by atoms with E-state index >= 15 is 0 Å². The lowest BCUT2D eigenvalue weighted by atomic mass is 10.0. The predicted molar refractivity (Wildman–Crippen MR) is 91.2 cm³/mol. The number of nitrogens with two attached hydrogens (primary N) is 1. The fourth-order valence-corrected chi connectivity index (χ4v) is 4.34. The van der Waals surface area contributed by atoms with Gasteiger partial charge in [0.1, 0.15) is 0 Å². The molecule has 1 heterocycles. The van der Waals surface area contributed by atoms with Crippen LogP contribution in [0.5, 0.6) is 0 Å². The lowest BCUT2D eigenvalue weighted by molar-refractivity contribution is -0.387. The van der Waals surface area contributed by atoms with Gasteiger partial charge in [0.15, 0.2) is 10.0 Å².